The zero-order valence-electron chi connectivity index (χ0n) is 11.3. The van der Waals surface area contributed by atoms with Crippen molar-refractivity contribution in [2.75, 3.05) is 10.6 Å². The van der Waals surface area contributed by atoms with E-state index >= 15 is 0 Å². The third kappa shape index (κ3) is 3.51. The third-order valence-corrected chi connectivity index (χ3v) is 4.19. The number of carbonyl (C=O) groups is 1. The number of nitrogens with zero attached hydrogens (tertiary/aromatic N) is 3. The van der Waals surface area contributed by atoms with E-state index < -0.39 is 6.03 Å². The van der Waals surface area contributed by atoms with Crippen LogP contribution in [-0.2, 0) is 0 Å². The Hall–Kier alpha value is -2.40. The van der Waals surface area contributed by atoms with Gasteiger partial charge in [0.1, 0.15) is 15.5 Å². The Kier molecular flexibility index (Phi) is 4.30. The number of pyridine rings is 1. The molecule has 2 N–H and O–H groups in total. The average molecular weight is 364 g/mol. The smallest absolute Gasteiger partial charge is 0.306 e. The van der Waals surface area contributed by atoms with E-state index in [-0.39, 0.29) is 5.02 Å². The van der Waals surface area contributed by atoms with Crippen molar-refractivity contribution in [2.24, 2.45) is 0 Å². The van der Waals surface area contributed by atoms with E-state index in [1.54, 1.807) is 24.3 Å². The van der Waals surface area contributed by atoms with Crippen LogP contribution in [0.15, 0.2) is 30.3 Å². The molecule has 23 heavy (non-hydrogen) atoms. The van der Waals surface area contributed by atoms with Gasteiger partial charge in [0.25, 0.3) is 0 Å². The molecule has 6 nitrogen and oxygen atoms in total. The summed E-state index contributed by atoms with van der Waals surface area (Å²) >= 11 is 13.0. The molecule has 3 rings (SSSR count). The summed E-state index contributed by atoms with van der Waals surface area (Å²) in [6, 6.07) is 9.41. The first kappa shape index (κ1) is 15.5. The van der Waals surface area contributed by atoms with Gasteiger partial charge in [-0.1, -0.05) is 34.5 Å². The molecule has 3 aromatic rings. The molecule has 0 unspecified atom stereocenters. The van der Waals surface area contributed by atoms with Crippen molar-refractivity contribution in [3.05, 3.63) is 46.1 Å². The van der Waals surface area contributed by atoms with Crippen molar-refractivity contribution < 1.29 is 4.79 Å². The summed E-state index contributed by atoms with van der Waals surface area (Å²) in [6.45, 7) is 0. The zero-order valence-corrected chi connectivity index (χ0v) is 13.6. The fraction of sp³-hybridized carbons (Fsp3) is 0. The number of urea groups is 1. The van der Waals surface area contributed by atoms with Crippen molar-refractivity contribution in [3.8, 4) is 6.07 Å². The van der Waals surface area contributed by atoms with Gasteiger partial charge in [-0.25, -0.2) is 14.8 Å². The third-order valence-electron chi connectivity index (χ3n) is 2.79. The van der Waals surface area contributed by atoms with E-state index in [1.807, 2.05) is 6.07 Å². The first-order chi connectivity index (χ1) is 11.0. The number of aromatic nitrogens is 2. The van der Waals surface area contributed by atoms with E-state index in [0.29, 0.717) is 31.9 Å². The first-order valence-electron chi connectivity index (χ1n) is 6.26. The number of carbonyl (C=O) groups excluding carboxylic acids is 1. The fourth-order valence-electron chi connectivity index (χ4n) is 1.78. The number of nitriles is 1. The lowest BCUT2D eigenvalue weighted by Gasteiger charge is -2.07. The topological polar surface area (TPSA) is 90.7 Å². The van der Waals surface area contributed by atoms with Crippen LogP contribution in [0.5, 0.6) is 0 Å². The van der Waals surface area contributed by atoms with E-state index in [2.05, 4.69) is 20.6 Å². The SMILES string of the molecule is N#Cc1ccc(NC(=O)Nc2nc3ccc(Cl)nc3s2)c(Cl)c1. The normalized spacial score (nSPS) is 10.3. The Balaban J connectivity index is 1.74. The second kappa shape index (κ2) is 6.38. The van der Waals surface area contributed by atoms with E-state index in [1.165, 1.54) is 17.4 Å². The number of rotatable bonds is 2. The molecule has 2 amide bonds. The van der Waals surface area contributed by atoms with Crippen LogP contribution in [0.1, 0.15) is 5.56 Å². The minimum absolute atomic E-state index is 0.275. The maximum atomic E-state index is 12.0. The minimum Gasteiger partial charge on any atom is -0.306 e. The van der Waals surface area contributed by atoms with E-state index in [9.17, 15) is 4.79 Å². The number of benzene rings is 1. The molecule has 2 aromatic heterocycles. The quantitative estimate of drug-likeness (QED) is 0.655. The molecule has 0 spiro atoms. The molecule has 0 bridgehead atoms. The first-order valence-corrected chi connectivity index (χ1v) is 7.83. The molecule has 0 saturated carbocycles. The number of fused-ring (bicyclic) bond motifs is 1. The van der Waals surface area contributed by atoms with Crippen LogP contribution in [0.25, 0.3) is 10.3 Å². The average Bonchev–Trinajstić information content (AvgIpc) is 2.90. The molecular weight excluding hydrogens is 357 g/mol. The van der Waals surface area contributed by atoms with Crippen LogP contribution in [0.2, 0.25) is 10.2 Å². The largest absolute Gasteiger partial charge is 0.325 e. The van der Waals surface area contributed by atoms with Crippen LogP contribution < -0.4 is 10.6 Å². The maximum Gasteiger partial charge on any atom is 0.325 e. The monoisotopic (exact) mass is 363 g/mol. The Morgan fingerprint density at radius 1 is 1.17 bits per heavy atom. The summed E-state index contributed by atoms with van der Waals surface area (Å²) < 4.78 is 0. The van der Waals surface area contributed by atoms with Crippen molar-refractivity contribution in [1.29, 1.82) is 5.26 Å². The number of thiazole rings is 1. The van der Waals surface area contributed by atoms with Crippen molar-refractivity contribution in [3.63, 3.8) is 0 Å². The van der Waals surface area contributed by atoms with E-state index in [0.717, 1.165) is 0 Å². The van der Waals surface area contributed by atoms with Crippen LogP contribution in [0, 0.1) is 11.3 Å². The molecule has 1 aromatic carbocycles. The summed E-state index contributed by atoms with van der Waals surface area (Å²) in [6.07, 6.45) is 0. The minimum atomic E-state index is -0.498. The van der Waals surface area contributed by atoms with Gasteiger partial charge in [0.15, 0.2) is 5.13 Å². The molecule has 0 fully saturated rings. The Morgan fingerprint density at radius 3 is 2.74 bits per heavy atom. The molecule has 0 radical (unpaired) electrons. The van der Waals surface area contributed by atoms with Crippen LogP contribution in [0.3, 0.4) is 0 Å². The van der Waals surface area contributed by atoms with Crippen molar-refractivity contribution in [1.82, 2.24) is 9.97 Å². The number of nitrogens with one attached hydrogen (secondary N) is 2. The number of amides is 2. The van der Waals surface area contributed by atoms with Gasteiger partial charge in [0, 0.05) is 0 Å². The number of halogens is 2. The van der Waals surface area contributed by atoms with Crippen LogP contribution >= 0.6 is 34.5 Å². The van der Waals surface area contributed by atoms with Crippen molar-refractivity contribution in [2.45, 2.75) is 0 Å². The Morgan fingerprint density at radius 2 is 2.00 bits per heavy atom. The second-order valence-corrected chi connectivity index (χ2v) is 6.13. The van der Waals surface area contributed by atoms with Gasteiger partial charge >= 0.3 is 6.03 Å². The van der Waals surface area contributed by atoms with E-state index in [4.69, 9.17) is 28.5 Å². The number of hydrogen-bond donors (Lipinski definition) is 2. The lowest BCUT2D eigenvalue weighted by molar-refractivity contribution is 0.262. The van der Waals surface area contributed by atoms with Gasteiger partial charge in [-0.15, -0.1) is 0 Å². The van der Waals surface area contributed by atoms with Gasteiger partial charge in [0.05, 0.1) is 22.3 Å². The molecular formula is C14H7Cl2N5OS. The summed E-state index contributed by atoms with van der Waals surface area (Å²) in [5, 5.41) is 15.0. The molecule has 0 aliphatic heterocycles. The fourth-order valence-corrected chi connectivity index (χ4v) is 3.04. The molecule has 0 saturated heterocycles. The van der Waals surface area contributed by atoms with Crippen molar-refractivity contribution >= 4 is 61.7 Å². The van der Waals surface area contributed by atoms with Gasteiger partial charge in [0.2, 0.25) is 0 Å². The second-order valence-electron chi connectivity index (χ2n) is 4.36. The number of hydrogen-bond acceptors (Lipinski definition) is 5. The van der Waals surface area contributed by atoms with Crippen LogP contribution in [0.4, 0.5) is 15.6 Å². The molecule has 9 heteroatoms. The predicted octanol–water partition coefficient (Wildman–Crippen LogP) is 4.51. The maximum absolute atomic E-state index is 12.0. The molecule has 0 atom stereocenters. The molecule has 2 heterocycles. The summed E-state index contributed by atoms with van der Waals surface area (Å²) in [4.78, 5) is 21.0. The lowest BCUT2D eigenvalue weighted by atomic mass is 10.2. The standard InChI is InChI=1S/C14H7Cl2N5OS/c15-8-5-7(6-17)1-2-9(8)18-13(22)21-14-19-10-3-4-11(16)20-12(10)23-14/h1-5H,(H2,18,19,21,22). The van der Waals surface area contributed by atoms with Gasteiger partial charge in [-0.2, -0.15) is 5.26 Å². The Bertz CT molecular complexity index is 950. The van der Waals surface area contributed by atoms with Gasteiger partial charge < -0.3 is 5.32 Å². The highest BCUT2D eigenvalue weighted by Crippen LogP contribution is 2.26. The predicted molar refractivity (Wildman–Crippen MR) is 91.2 cm³/mol. The Labute approximate surface area is 144 Å². The highest BCUT2D eigenvalue weighted by molar-refractivity contribution is 7.22. The number of anilines is 2. The summed E-state index contributed by atoms with van der Waals surface area (Å²) in [5.74, 6) is 0. The summed E-state index contributed by atoms with van der Waals surface area (Å²) in [7, 11) is 0. The molecule has 0 aliphatic rings. The molecule has 114 valence electrons. The van der Waals surface area contributed by atoms with Gasteiger partial charge in [-0.05, 0) is 30.3 Å². The van der Waals surface area contributed by atoms with Crippen LogP contribution in [-0.4, -0.2) is 16.0 Å². The zero-order chi connectivity index (χ0) is 16.4. The highest BCUT2D eigenvalue weighted by atomic mass is 35.5. The molecule has 0 aliphatic carbocycles. The summed E-state index contributed by atoms with van der Waals surface area (Å²) in [5.41, 5.74) is 1.45. The highest BCUT2D eigenvalue weighted by Gasteiger charge is 2.11. The lowest BCUT2D eigenvalue weighted by Crippen LogP contribution is -2.19. The van der Waals surface area contributed by atoms with Gasteiger partial charge in [-0.3, -0.25) is 5.32 Å².